The molecule has 0 unspecified atom stereocenters. The Morgan fingerprint density at radius 1 is 1.07 bits per heavy atom. The minimum Gasteiger partial charge on any atom is -0.272 e. The van der Waals surface area contributed by atoms with Gasteiger partial charge in [-0.3, -0.25) is 20.4 Å². The number of carbonyl (C=O) groups excluding carboxylic acids is 2. The Morgan fingerprint density at radius 3 is 2.46 bits per heavy atom. The van der Waals surface area contributed by atoms with E-state index in [0.29, 0.717) is 11.4 Å². The summed E-state index contributed by atoms with van der Waals surface area (Å²) in [7, 11) is 0. The summed E-state index contributed by atoms with van der Waals surface area (Å²) in [4.78, 5) is 35.4. The molecule has 28 heavy (non-hydrogen) atoms. The fourth-order valence-electron chi connectivity index (χ4n) is 2.68. The van der Waals surface area contributed by atoms with Crippen LogP contribution in [0.2, 0.25) is 0 Å². The highest BCUT2D eigenvalue weighted by Gasteiger charge is 2.15. The monoisotopic (exact) mass is 414 g/mol. The van der Waals surface area contributed by atoms with E-state index in [9.17, 15) is 9.59 Å². The zero-order valence-electron chi connectivity index (χ0n) is 16.3. The zero-order valence-corrected chi connectivity index (χ0v) is 17.9. The van der Waals surface area contributed by atoms with Crippen LogP contribution in [0.5, 0.6) is 0 Å². The van der Waals surface area contributed by atoms with Gasteiger partial charge in [0, 0.05) is 15.8 Å². The molecule has 0 aliphatic carbocycles. The van der Waals surface area contributed by atoms with E-state index in [1.54, 1.807) is 23.5 Å². The molecule has 2 aromatic heterocycles. The fourth-order valence-corrected chi connectivity index (χ4v) is 4.75. The highest BCUT2D eigenvalue weighted by atomic mass is 32.2. The van der Waals surface area contributed by atoms with Crippen LogP contribution in [-0.4, -0.2) is 27.5 Å². The molecule has 0 aliphatic rings. The van der Waals surface area contributed by atoms with Gasteiger partial charge in [-0.15, -0.1) is 11.3 Å². The summed E-state index contributed by atoms with van der Waals surface area (Å²) in [5.41, 5.74) is 7.72. The van der Waals surface area contributed by atoms with Crippen LogP contribution in [0.4, 0.5) is 0 Å². The lowest BCUT2D eigenvalue weighted by Crippen LogP contribution is -2.42. The normalized spacial score (nSPS) is 10.9. The van der Waals surface area contributed by atoms with E-state index in [-0.39, 0.29) is 17.6 Å². The van der Waals surface area contributed by atoms with Gasteiger partial charge in [0.1, 0.15) is 15.7 Å². The predicted molar refractivity (Wildman–Crippen MR) is 114 cm³/mol. The maximum atomic E-state index is 12.2. The fraction of sp³-hybridized carbons (Fsp3) is 0.300. The van der Waals surface area contributed by atoms with Gasteiger partial charge in [0.2, 0.25) is 5.91 Å². The Morgan fingerprint density at radius 2 is 1.79 bits per heavy atom. The highest BCUT2D eigenvalue weighted by molar-refractivity contribution is 8.00. The Hall–Kier alpha value is -2.45. The summed E-state index contributed by atoms with van der Waals surface area (Å²) < 4.78 is 0. The van der Waals surface area contributed by atoms with Crippen LogP contribution in [0, 0.1) is 20.8 Å². The van der Waals surface area contributed by atoms with Crippen LogP contribution in [0.25, 0.3) is 10.2 Å². The van der Waals surface area contributed by atoms with Gasteiger partial charge in [-0.25, -0.2) is 9.97 Å². The Bertz CT molecular complexity index is 1030. The predicted octanol–water partition coefficient (Wildman–Crippen LogP) is 3.73. The number of aryl methyl sites for hydroxylation is 4. The summed E-state index contributed by atoms with van der Waals surface area (Å²) in [6.07, 6.45) is 0.911. The van der Waals surface area contributed by atoms with Crippen molar-refractivity contribution in [3.63, 3.8) is 0 Å². The molecule has 2 amide bonds. The number of hydrazine groups is 1. The van der Waals surface area contributed by atoms with Gasteiger partial charge < -0.3 is 0 Å². The van der Waals surface area contributed by atoms with Crippen molar-refractivity contribution in [2.45, 2.75) is 39.1 Å². The molecule has 146 valence electrons. The van der Waals surface area contributed by atoms with Crippen molar-refractivity contribution in [1.82, 2.24) is 20.8 Å². The molecule has 2 heterocycles. The summed E-state index contributed by atoms with van der Waals surface area (Å²) in [6, 6.07) is 7.30. The number of carbonyl (C=O) groups is 2. The first-order valence-corrected chi connectivity index (χ1v) is 10.7. The quantitative estimate of drug-likeness (QED) is 0.378. The summed E-state index contributed by atoms with van der Waals surface area (Å²) >= 11 is 2.98. The van der Waals surface area contributed by atoms with Gasteiger partial charge in [0.25, 0.3) is 5.91 Å². The molecule has 0 saturated heterocycles. The number of nitrogens with zero attached hydrogens (tertiary/aromatic N) is 2. The topological polar surface area (TPSA) is 84.0 Å². The van der Waals surface area contributed by atoms with Gasteiger partial charge >= 0.3 is 0 Å². The standard InChI is InChI=1S/C20H22N4O2S2/c1-5-14-6-8-15(9-7-14)18(26)24-23-16(25)10-27-19-17-11(2)12(3)28-20(17)22-13(4)21-19/h6-9H,5,10H2,1-4H3,(H,23,25)(H,24,26). The Labute approximate surface area is 172 Å². The highest BCUT2D eigenvalue weighted by Crippen LogP contribution is 2.34. The maximum Gasteiger partial charge on any atom is 0.269 e. The molecule has 3 rings (SSSR count). The summed E-state index contributed by atoms with van der Waals surface area (Å²) in [5.74, 6) is 0.193. The molecule has 3 aromatic rings. The third kappa shape index (κ3) is 4.51. The van der Waals surface area contributed by atoms with Crippen LogP contribution in [0.3, 0.4) is 0 Å². The number of thioether (sulfide) groups is 1. The molecule has 0 atom stereocenters. The first-order chi connectivity index (χ1) is 13.4. The lowest BCUT2D eigenvalue weighted by molar-refractivity contribution is -0.119. The van der Waals surface area contributed by atoms with E-state index >= 15 is 0 Å². The van der Waals surface area contributed by atoms with Crippen molar-refractivity contribution in [1.29, 1.82) is 0 Å². The molecule has 1 aromatic carbocycles. The van der Waals surface area contributed by atoms with E-state index < -0.39 is 0 Å². The molecule has 0 aliphatic heterocycles. The van der Waals surface area contributed by atoms with Crippen molar-refractivity contribution in [3.8, 4) is 0 Å². The lowest BCUT2D eigenvalue weighted by Gasteiger charge is -2.08. The number of hydrogen-bond acceptors (Lipinski definition) is 6. The molecule has 0 saturated carbocycles. The van der Waals surface area contributed by atoms with E-state index in [0.717, 1.165) is 32.8 Å². The molecule has 0 bridgehead atoms. The van der Waals surface area contributed by atoms with Gasteiger partial charge in [0.15, 0.2) is 0 Å². The Kier molecular flexibility index (Phi) is 6.31. The van der Waals surface area contributed by atoms with Crippen molar-refractivity contribution in [2.24, 2.45) is 0 Å². The Balaban J connectivity index is 1.60. The number of benzene rings is 1. The third-order valence-corrected chi connectivity index (χ3v) is 6.46. The SMILES string of the molecule is CCc1ccc(C(=O)NNC(=O)CSc2nc(C)nc3sc(C)c(C)c23)cc1. The average Bonchev–Trinajstić information content (AvgIpc) is 2.97. The molecule has 2 N–H and O–H groups in total. The van der Waals surface area contributed by atoms with E-state index in [4.69, 9.17) is 0 Å². The van der Waals surface area contributed by atoms with E-state index in [1.807, 2.05) is 26.0 Å². The van der Waals surface area contributed by atoms with Crippen LogP contribution >= 0.6 is 23.1 Å². The van der Waals surface area contributed by atoms with Crippen LogP contribution < -0.4 is 10.9 Å². The minimum atomic E-state index is -0.342. The minimum absolute atomic E-state index is 0.148. The van der Waals surface area contributed by atoms with Crippen molar-refractivity contribution in [3.05, 3.63) is 51.7 Å². The average molecular weight is 415 g/mol. The van der Waals surface area contributed by atoms with Crippen LogP contribution in [-0.2, 0) is 11.2 Å². The summed E-state index contributed by atoms with van der Waals surface area (Å²) in [5, 5.41) is 1.80. The van der Waals surface area contributed by atoms with E-state index in [1.165, 1.54) is 16.6 Å². The number of rotatable bonds is 5. The molecule has 8 heteroatoms. The largest absolute Gasteiger partial charge is 0.272 e. The number of thiophene rings is 1. The molecule has 0 radical (unpaired) electrons. The molecule has 0 fully saturated rings. The van der Waals surface area contributed by atoms with E-state index in [2.05, 4.69) is 34.7 Å². The molecular formula is C20H22N4O2S2. The number of fused-ring (bicyclic) bond motifs is 1. The van der Waals surface area contributed by atoms with Crippen molar-refractivity contribution < 1.29 is 9.59 Å². The second kappa shape index (κ2) is 8.70. The van der Waals surface area contributed by atoms with Crippen molar-refractivity contribution in [2.75, 3.05) is 5.75 Å². The second-order valence-electron chi connectivity index (χ2n) is 6.38. The zero-order chi connectivity index (χ0) is 20.3. The molecule has 0 spiro atoms. The molecular weight excluding hydrogens is 392 g/mol. The van der Waals surface area contributed by atoms with Gasteiger partial charge in [-0.2, -0.15) is 0 Å². The van der Waals surface area contributed by atoms with Crippen molar-refractivity contribution >= 4 is 45.1 Å². The van der Waals surface area contributed by atoms with Gasteiger partial charge in [0.05, 0.1) is 5.75 Å². The number of amides is 2. The molecule has 6 nitrogen and oxygen atoms in total. The second-order valence-corrected chi connectivity index (χ2v) is 8.55. The first kappa shape index (κ1) is 20.3. The smallest absolute Gasteiger partial charge is 0.269 e. The first-order valence-electron chi connectivity index (χ1n) is 8.94. The van der Waals surface area contributed by atoms with Gasteiger partial charge in [-0.05, 0) is 50.5 Å². The van der Waals surface area contributed by atoms with Gasteiger partial charge in [-0.1, -0.05) is 30.8 Å². The van der Waals surface area contributed by atoms with Crippen LogP contribution in [0.1, 0.15) is 39.1 Å². The number of hydrogen-bond donors (Lipinski definition) is 2. The van der Waals surface area contributed by atoms with Crippen LogP contribution in [0.15, 0.2) is 29.3 Å². The third-order valence-electron chi connectivity index (χ3n) is 4.39. The lowest BCUT2D eigenvalue weighted by atomic mass is 10.1. The number of nitrogens with one attached hydrogen (secondary N) is 2. The summed E-state index contributed by atoms with van der Waals surface area (Å²) in [6.45, 7) is 8.00. The maximum absolute atomic E-state index is 12.2. The number of aromatic nitrogens is 2.